The van der Waals surface area contributed by atoms with Crippen molar-refractivity contribution in [3.63, 3.8) is 0 Å². The maximum absolute atomic E-state index is 12.8. The second-order valence-corrected chi connectivity index (χ2v) is 13.4. The van der Waals surface area contributed by atoms with Gasteiger partial charge in [0, 0.05) is 18.8 Å². The van der Waals surface area contributed by atoms with Crippen LogP contribution in [-0.4, -0.2) is 51.8 Å². The minimum absolute atomic E-state index is 0.0729. The molecule has 6 nitrogen and oxygen atoms in total. The first-order chi connectivity index (χ1) is 19.3. The lowest BCUT2D eigenvalue weighted by molar-refractivity contribution is 0.0239. The van der Waals surface area contributed by atoms with Gasteiger partial charge in [-0.1, -0.05) is 74.7 Å². The Balaban J connectivity index is 1.32. The van der Waals surface area contributed by atoms with Gasteiger partial charge in [0.25, 0.3) is 0 Å². The zero-order valence-corrected chi connectivity index (χ0v) is 25.8. The number of carbonyl (C=O) groups is 1. The number of carbonyl (C=O) groups excluding carboxylic acids is 1. The fourth-order valence-electron chi connectivity index (χ4n) is 5.27. The average Bonchev–Trinajstić information content (AvgIpc) is 3.42. The molecule has 2 aromatic rings. The molecule has 2 fully saturated rings. The molecule has 1 aliphatic heterocycles. The highest BCUT2D eigenvalue weighted by molar-refractivity contribution is 7.99. The molecule has 1 aliphatic carbocycles. The average molecular weight is 584 g/mol. The van der Waals surface area contributed by atoms with Gasteiger partial charge in [0.15, 0.2) is 0 Å². The highest BCUT2D eigenvalue weighted by Gasteiger charge is 2.33. The molecule has 2 aromatic carbocycles. The Hall–Kier alpha value is -2.29. The predicted molar refractivity (Wildman–Crippen MR) is 169 cm³/mol. The molecule has 0 bridgehead atoms. The summed E-state index contributed by atoms with van der Waals surface area (Å²) in [7, 11) is 0. The van der Waals surface area contributed by atoms with Gasteiger partial charge in [0.2, 0.25) is 0 Å². The van der Waals surface area contributed by atoms with Crippen LogP contribution in [0, 0.1) is 5.92 Å². The van der Waals surface area contributed by atoms with Crippen molar-refractivity contribution >= 4 is 35.1 Å². The summed E-state index contributed by atoms with van der Waals surface area (Å²) < 4.78 is 11.6. The van der Waals surface area contributed by atoms with Crippen LogP contribution in [0.15, 0.2) is 54.6 Å². The van der Waals surface area contributed by atoms with Gasteiger partial charge in [-0.3, -0.25) is 4.90 Å². The molecule has 4 rings (SSSR count). The van der Waals surface area contributed by atoms with Gasteiger partial charge in [-0.15, -0.1) is 11.8 Å². The van der Waals surface area contributed by atoms with E-state index in [1.807, 2.05) is 68.1 Å². The van der Waals surface area contributed by atoms with E-state index >= 15 is 0 Å². The van der Waals surface area contributed by atoms with Crippen LogP contribution in [0.1, 0.15) is 71.3 Å². The molecule has 0 radical (unpaired) electrons. The summed E-state index contributed by atoms with van der Waals surface area (Å²) in [5.74, 6) is 4.00. The van der Waals surface area contributed by atoms with Gasteiger partial charge in [-0.2, -0.15) is 0 Å². The van der Waals surface area contributed by atoms with Crippen molar-refractivity contribution in [2.45, 2.75) is 89.9 Å². The van der Waals surface area contributed by atoms with Gasteiger partial charge < -0.3 is 20.1 Å². The van der Waals surface area contributed by atoms with Gasteiger partial charge >= 0.3 is 6.09 Å². The third-order valence-corrected chi connectivity index (χ3v) is 8.99. The number of thiocarbonyl (C=S) groups is 1. The first-order valence-corrected chi connectivity index (χ1v) is 16.2. The van der Waals surface area contributed by atoms with E-state index in [2.05, 4.69) is 22.8 Å². The molecule has 0 spiro atoms. The van der Waals surface area contributed by atoms with Gasteiger partial charge in [0.1, 0.15) is 17.1 Å². The second-order valence-electron chi connectivity index (χ2n) is 11.9. The van der Waals surface area contributed by atoms with E-state index in [4.69, 9.17) is 21.7 Å². The Kier molecular flexibility index (Phi) is 11.6. The summed E-state index contributed by atoms with van der Waals surface area (Å²) >= 11 is 7.71. The van der Waals surface area contributed by atoms with Crippen molar-refractivity contribution in [3.05, 3.63) is 60.2 Å². The first kappa shape index (κ1) is 30.7. The van der Waals surface area contributed by atoms with Gasteiger partial charge in [-0.25, -0.2) is 4.79 Å². The number of para-hydroxylation sites is 1. The first-order valence-electron chi connectivity index (χ1n) is 14.7. The summed E-state index contributed by atoms with van der Waals surface area (Å²) in [4.78, 5) is 15.5. The van der Waals surface area contributed by atoms with E-state index in [0.717, 1.165) is 40.1 Å². The van der Waals surface area contributed by atoms with Crippen LogP contribution in [0.4, 0.5) is 4.79 Å². The molecular weight excluding hydrogens is 539 g/mol. The monoisotopic (exact) mass is 583 g/mol. The van der Waals surface area contributed by atoms with E-state index in [-0.39, 0.29) is 18.2 Å². The summed E-state index contributed by atoms with van der Waals surface area (Å²) in [6.07, 6.45) is 8.68. The lowest BCUT2D eigenvalue weighted by Crippen LogP contribution is -2.50. The Morgan fingerprint density at radius 3 is 2.45 bits per heavy atom. The molecule has 1 saturated carbocycles. The predicted octanol–water partition coefficient (Wildman–Crippen LogP) is 7.52. The van der Waals surface area contributed by atoms with Crippen molar-refractivity contribution in [2.75, 3.05) is 18.2 Å². The van der Waals surface area contributed by atoms with Crippen LogP contribution >= 0.6 is 24.0 Å². The number of hydrogen-bond acceptors (Lipinski definition) is 6. The lowest BCUT2D eigenvalue weighted by Gasteiger charge is -2.30. The molecule has 0 aromatic heterocycles. The Morgan fingerprint density at radius 2 is 1.75 bits per heavy atom. The number of benzene rings is 2. The van der Waals surface area contributed by atoms with E-state index in [1.54, 1.807) is 11.8 Å². The normalized spacial score (nSPS) is 18.8. The van der Waals surface area contributed by atoms with Crippen LogP contribution in [0.5, 0.6) is 11.5 Å². The van der Waals surface area contributed by atoms with Crippen LogP contribution in [0.3, 0.4) is 0 Å². The largest absolute Gasteiger partial charge is 0.457 e. The maximum atomic E-state index is 12.8. The van der Waals surface area contributed by atoms with Gasteiger partial charge in [-0.05, 0) is 69.4 Å². The number of nitrogens with zero attached hydrogens (tertiary/aromatic N) is 1. The summed E-state index contributed by atoms with van der Waals surface area (Å²) in [6, 6.07) is 18.1. The molecule has 2 atom stereocenters. The molecular formula is C32H45N3O3S2. The van der Waals surface area contributed by atoms with E-state index < -0.39 is 5.60 Å². The maximum Gasteiger partial charge on any atom is 0.411 e. The Bertz CT molecular complexity index is 1070. The molecule has 218 valence electrons. The fraction of sp³-hybridized carbons (Fsp3) is 0.562. The van der Waals surface area contributed by atoms with E-state index in [9.17, 15) is 4.79 Å². The standard InChI is InChI=1S/C32H45N3O3S2/c1-32(2,3)38-31(36)35-23-40-22-26(35)21-33-29(19-16-24-10-6-4-7-11-24)30(39)34-20-25-14-17-28(18-15-25)37-27-12-8-5-9-13-27/h5,8-9,12-15,17-18,24,26,29,33H,4,6-7,10-11,16,19-23H2,1-3H3,(H,34,39)/t26-,29-/m1/s1. The van der Waals surface area contributed by atoms with Crippen LogP contribution in [0.2, 0.25) is 0 Å². The molecule has 2 aliphatic rings. The number of amides is 1. The topological polar surface area (TPSA) is 62.8 Å². The smallest absolute Gasteiger partial charge is 0.411 e. The van der Waals surface area contributed by atoms with Crippen molar-refractivity contribution in [3.8, 4) is 11.5 Å². The highest BCUT2D eigenvalue weighted by atomic mass is 32.2. The molecule has 2 N–H and O–H groups in total. The van der Waals surface area contributed by atoms with Gasteiger partial charge in [0.05, 0.1) is 22.9 Å². The number of thioether (sulfide) groups is 1. The molecule has 40 heavy (non-hydrogen) atoms. The molecule has 8 heteroatoms. The molecule has 1 saturated heterocycles. The molecule has 1 heterocycles. The highest BCUT2D eigenvalue weighted by Crippen LogP contribution is 2.28. The third-order valence-electron chi connectivity index (χ3n) is 7.48. The van der Waals surface area contributed by atoms with Crippen LogP contribution < -0.4 is 15.4 Å². The van der Waals surface area contributed by atoms with Crippen LogP contribution in [-0.2, 0) is 11.3 Å². The zero-order chi connectivity index (χ0) is 28.4. The van der Waals surface area contributed by atoms with Crippen molar-refractivity contribution in [1.29, 1.82) is 0 Å². The van der Waals surface area contributed by atoms with E-state index in [1.165, 1.54) is 38.5 Å². The SMILES string of the molecule is CC(C)(C)OC(=O)N1CSC[C@H]1CN[C@H](CCC1CCCCC1)C(=S)NCc1ccc(Oc2ccccc2)cc1. The summed E-state index contributed by atoms with van der Waals surface area (Å²) in [6.45, 7) is 7.11. The third kappa shape index (κ3) is 9.96. The van der Waals surface area contributed by atoms with E-state index in [0.29, 0.717) is 19.0 Å². The quantitative estimate of drug-likeness (QED) is 0.265. The molecule has 1 amide bonds. The van der Waals surface area contributed by atoms with Crippen LogP contribution in [0.25, 0.3) is 0 Å². The minimum atomic E-state index is -0.498. The second kappa shape index (κ2) is 15.1. The Labute approximate surface area is 250 Å². The lowest BCUT2D eigenvalue weighted by atomic mass is 9.85. The van der Waals surface area contributed by atoms with Crippen molar-refractivity contribution in [2.24, 2.45) is 5.92 Å². The Morgan fingerprint density at radius 1 is 1.05 bits per heavy atom. The number of nitrogens with one attached hydrogen (secondary N) is 2. The number of rotatable bonds is 11. The number of ether oxygens (including phenoxy) is 2. The van der Waals surface area contributed by atoms with Crippen molar-refractivity contribution in [1.82, 2.24) is 15.5 Å². The number of hydrogen-bond donors (Lipinski definition) is 2. The fourth-order valence-corrected chi connectivity index (χ4v) is 6.73. The molecule has 0 unspecified atom stereocenters. The zero-order valence-electron chi connectivity index (χ0n) is 24.2. The van der Waals surface area contributed by atoms with Crippen molar-refractivity contribution < 1.29 is 14.3 Å². The summed E-state index contributed by atoms with van der Waals surface area (Å²) in [5.41, 5.74) is 0.652. The minimum Gasteiger partial charge on any atom is -0.457 e. The summed E-state index contributed by atoms with van der Waals surface area (Å²) in [5, 5.41) is 7.25.